The Bertz CT molecular complexity index is 535. The molecule has 0 saturated carbocycles. The number of piperidine rings is 1. The van der Waals surface area contributed by atoms with Gasteiger partial charge in [-0.1, -0.05) is 30.7 Å². The van der Waals surface area contributed by atoms with Crippen molar-refractivity contribution in [3.63, 3.8) is 0 Å². The van der Waals surface area contributed by atoms with Crippen molar-refractivity contribution in [1.29, 1.82) is 0 Å². The molecule has 0 aliphatic carbocycles. The normalized spacial score (nSPS) is 21.6. The highest BCUT2D eigenvalue weighted by Gasteiger charge is 2.31. The molecule has 22 heavy (non-hydrogen) atoms. The molecule has 2 atom stereocenters. The first kappa shape index (κ1) is 17.2. The number of amides is 1. The van der Waals surface area contributed by atoms with Gasteiger partial charge in [-0.3, -0.25) is 9.59 Å². The van der Waals surface area contributed by atoms with Gasteiger partial charge in [0, 0.05) is 23.9 Å². The number of hydrogen-bond acceptors (Lipinski definition) is 3. The maximum Gasteiger partial charge on any atom is 0.308 e. The maximum absolute atomic E-state index is 12.2. The number of carbonyl (C=O) groups excluding carboxylic acids is 1. The molecule has 1 aromatic carbocycles. The molecule has 1 N–H and O–H groups in total. The van der Waals surface area contributed by atoms with Crippen LogP contribution in [0.4, 0.5) is 0 Å². The third-order valence-corrected chi connectivity index (χ3v) is 5.01. The zero-order valence-electron chi connectivity index (χ0n) is 12.5. The Kier molecular flexibility index (Phi) is 6.15. The summed E-state index contributed by atoms with van der Waals surface area (Å²) < 4.78 is 0. The molecule has 120 valence electrons. The monoisotopic (exact) mass is 341 g/mol. The molecule has 6 heteroatoms. The second-order valence-corrected chi connectivity index (χ2v) is 7.22. The Morgan fingerprint density at radius 1 is 1.32 bits per heavy atom. The first-order valence-corrected chi connectivity index (χ1v) is 8.81. The van der Waals surface area contributed by atoms with Crippen LogP contribution in [0.5, 0.6) is 0 Å². The highest BCUT2D eigenvalue weighted by molar-refractivity contribution is 7.99. The van der Waals surface area contributed by atoms with Crippen molar-refractivity contribution < 1.29 is 14.7 Å². The molecule has 1 fully saturated rings. The molecule has 4 nitrogen and oxygen atoms in total. The predicted octanol–water partition coefficient (Wildman–Crippen LogP) is 3.14. The fraction of sp³-hybridized carbons (Fsp3) is 0.500. The topological polar surface area (TPSA) is 57.6 Å². The SMILES string of the molecule is CC1CC(C(=O)O)CN(C(=O)CSCc2ccc(Cl)cc2)C1. The van der Waals surface area contributed by atoms with Crippen LogP contribution in [0.1, 0.15) is 18.9 Å². The number of thioether (sulfide) groups is 1. The second kappa shape index (κ2) is 7.88. The third-order valence-electron chi connectivity index (χ3n) is 3.77. The zero-order valence-corrected chi connectivity index (χ0v) is 14.1. The van der Waals surface area contributed by atoms with E-state index in [1.165, 1.54) is 0 Å². The third kappa shape index (κ3) is 4.92. The van der Waals surface area contributed by atoms with E-state index in [9.17, 15) is 9.59 Å². The molecule has 1 aliphatic rings. The fourth-order valence-corrected chi connectivity index (χ4v) is 3.68. The molecule has 2 unspecified atom stereocenters. The zero-order chi connectivity index (χ0) is 16.1. The first-order valence-electron chi connectivity index (χ1n) is 7.28. The van der Waals surface area contributed by atoms with E-state index in [0.29, 0.717) is 30.3 Å². The van der Waals surface area contributed by atoms with Crippen LogP contribution in [0, 0.1) is 11.8 Å². The molecule has 0 spiro atoms. The van der Waals surface area contributed by atoms with Crippen LogP contribution in [-0.4, -0.2) is 40.7 Å². The van der Waals surface area contributed by atoms with Crippen molar-refractivity contribution >= 4 is 35.2 Å². The highest BCUT2D eigenvalue weighted by atomic mass is 35.5. The molecule has 2 rings (SSSR count). The van der Waals surface area contributed by atoms with E-state index in [0.717, 1.165) is 11.3 Å². The van der Waals surface area contributed by atoms with E-state index in [1.54, 1.807) is 16.7 Å². The van der Waals surface area contributed by atoms with E-state index in [4.69, 9.17) is 16.7 Å². The van der Waals surface area contributed by atoms with Crippen molar-refractivity contribution in [2.45, 2.75) is 19.1 Å². The molecule has 1 aliphatic heterocycles. The van der Waals surface area contributed by atoms with Crippen molar-refractivity contribution in [1.82, 2.24) is 4.90 Å². The molecule has 0 aromatic heterocycles. The van der Waals surface area contributed by atoms with Gasteiger partial charge in [0.05, 0.1) is 11.7 Å². The number of carboxylic acids is 1. The Morgan fingerprint density at radius 2 is 2.00 bits per heavy atom. The van der Waals surface area contributed by atoms with E-state index < -0.39 is 11.9 Å². The molecule has 1 heterocycles. The molecular formula is C16H20ClNO3S. The highest BCUT2D eigenvalue weighted by Crippen LogP contribution is 2.23. The van der Waals surface area contributed by atoms with E-state index >= 15 is 0 Å². The molecule has 0 bridgehead atoms. The number of carbonyl (C=O) groups is 2. The number of nitrogens with zero attached hydrogens (tertiary/aromatic N) is 1. The lowest BCUT2D eigenvalue weighted by atomic mass is 9.90. The number of halogens is 1. The molecule has 1 amide bonds. The van der Waals surface area contributed by atoms with E-state index in [1.807, 2.05) is 31.2 Å². The second-order valence-electron chi connectivity index (χ2n) is 5.79. The van der Waals surface area contributed by atoms with Gasteiger partial charge in [0.15, 0.2) is 0 Å². The summed E-state index contributed by atoms with van der Waals surface area (Å²) in [6.07, 6.45) is 0.650. The number of benzene rings is 1. The lowest BCUT2D eigenvalue weighted by molar-refractivity contribution is -0.146. The van der Waals surface area contributed by atoms with Gasteiger partial charge in [0.1, 0.15) is 0 Å². The maximum atomic E-state index is 12.2. The van der Waals surface area contributed by atoms with Crippen molar-refractivity contribution in [3.8, 4) is 0 Å². The fourth-order valence-electron chi connectivity index (χ4n) is 2.66. The average Bonchev–Trinajstić information content (AvgIpc) is 2.48. The minimum atomic E-state index is -0.807. The Hall–Kier alpha value is -1.20. The van der Waals surface area contributed by atoms with Gasteiger partial charge >= 0.3 is 5.97 Å². The smallest absolute Gasteiger partial charge is 0.308 e. The van der Waals surface area contributed by atoms with Crippen molar-refractivity contribution in [2.24, 2.45) is 11.8 Å². The van der Waals surface area contributed by atoms with Crippen LogP contribution in [0.3, 0.4) is 0 Å². The average molecular weight is 342 g/mol. The Labute approximate surface area is 139 Å². The van der Waals surface area contributed by atoms with Crippen LogP contribution >= 0.6 is 23.4 Å². The van der Waals surface area contributed by atoms with Crippen LogP contribution in [-0.2, 0) is 15.3 Å². The van der Waals surface area contributed by atoms with Crippen LogP contribution in [0.25, 0.3) is 0 Å². The summed E-state index contributed by atoms with van der Waals surface area (Å²) in [5.74, 6) is 0.139. The number of rotatable bonds is 5. The van der Waals surface area contributed by atoms with Crippen LogP contribution < -0.4 is 0 Å². The van der Waals surface area contributed by atoms with Crippen molar-refractivity contribution in [3.05, 3.63) is 34.9 Å². The van der Waals surface area contributed by atoms with E-state index in [2.05, 4.69) is 0 Å². The summed E-state index contributed by atoms with van der Waals surface area (Å²) >= 11 is 7.38. The van der Waals surface area contributed by atoms with Crippen molar-refractivity contribution in [2.75, 3.05) is 18.8 Å². The minimum absolute atomic E-state index is 0.0248. The standard InChI is InChI=1S/C16H20ClNO3S/c1-11-6-13(16(20)21)8-18(7-11)15(19)10-22-9-12-2-4-14(17)5-3-12/h2-5,11,13H,6-10H2,1H3,(H,20,21). The van der Waals surface area contributed by atoms with Gasteiger partial charge in [-0.15, -0.1) is 11.8 Å². The van der Waals surface area contributed by atoms with E-state index in [-0.39, 0.29) is 11.8 Å². The lowest BCUT2D eigenvalue weighted by Crippen LogP contribution is -2.46. The molecule has 1 saturated heterocycles. The summed E-state index contributed by atoms with van der Waals surface area (Å²) in [5, 5.41) is 9.85. The summed E-state index contributed by atoms with van der Waals surface area (Å²) in [5.41, 5.74) is 1.12. The number of carboxylic acid groups (broad SMARTS) is 1. The number of aliphatic carboxylic acids is 1. The van der Waals surface area contributed by atoms with Gasteiger partial charge in [-0.25, -0.2) is 0 Å². The summed E-state index contributed by atoms with van der Waals surface area (Å²) in [6.45, 7) is 2.99. The minimum Gasteiger partial charge on any atom is -0.481 e. The van der Waals surface area contributed by atoms with Gasteiger partial charge in [-0.2, -0.15) is 0 Å². The first-order chi connectivity index (χ1) is 10.5. The van der Waals surface area contributed by atoms with Crippen LogP contribution in [0.15, 0.2) is 24.3 Å². The summed E-state index contributed by atoms with van der Waals surface area (Å²) in [7, 11) is 0. The van der Waals surface area contributed by atoms with Gasteiger partial charge in [-0.05, 0) is 30.0 Å². The largest absolute Gasteiger partial charge is 0.481 e. The molecular weight excluding hydrogens is 322 g/mol. The van der Waals surface area contributed by atoms with Gasteiger partial charge in [0.2, 0.25) is 5.91 Å². The van der Waals surface area contributed by atoms with Gasteiger partial charge in [0.25, 0.3) is 0 Å². The Balaban J connectivity index is 1.81. The number of likely N-dealkylation sites (tertiary alicyclic amines) is 1. The summed E-state index contributed by atoms with van der Waals surface area (Å²) in [6, 6.07) is 7.57. The van der Waals surface area contributed by atoms with Gasteiger partial charge < -0.3 is 10.0 Å². The molecule has 1 aromatic rings. The predicted molar refractivity (Wildman–Crippen MR) is 89.1 cm³/mol. The number of hydrogen-bond donors (Lipinski definition) is 1. The van der Waals surface area contributed by atoms with Crippen LogP contribution in [0.2, 0.25) is 5.02 Å². The quantitative estimate of drug-likeness (QED) is 0.893. The lowest BCUT2D eigenvalue weighted by Gasteiger charge is -2.34. The molecule has 0 radical (unpaired) electrons. The summed E-state index contributed by atoms with van der Waals surface area (Å²) in [4.78, 5) is 25.1. The Morgan fingerprint density at radius 3 is 2.64 bits per heavy atom.